The van der Waals surface area contributed by atoms with Crippen LogP contribution in [0, 0.1) is 13.8 Å². The maximum absolute atomic E-state index is 6.50. The van der Waals surface area contributed by atoms with Gasteiger partial charge < -0.3 is 5.73 Å². The van der Waals surface area contributed by atoms with Crippen molar-refractivity contribution in [2.75, 3.05) is 0 Å². The summed E-state index contributed by atoms with van der Waals surface area (Å²) in [6, 6.07) is 10.2. The van der Waals surface area contributed by atoms with Crippen LogP contribution in [0.3, 0.4) is 0 Å². The van der Waals surface area contributed by atoms with Gasteiger partial charge in [0.15, 0.2) is 0 Å². The summed E-state index contributed by atoms with van der Waals surface area (Å²) in [4.78, 5) is 4.31. The third-order valence-electron chi connectivity index (χ3n) is 4.05. The third-order valence-corrected chi connectivity index (χ3v) is 4.05. The van der Waals surface area contributed by atoms with Crippen molar-refractivity contribution in [2.45, 2.75) is 45.7 Å². The highest BCUT2D eigenvalue weighted by molar-refractivity contribution is 6.11. The number of hydrogen-bond donors (Lipinski definition) is 1. The minimum absolute atomic E-state index is 0.500. The van der Waals surface area contributed by atoms with E-state index in [1.165, 1.54) is 5.56 Å². The number of hydrogen-bond acceptors (Lipinski definition) is 5. The summed E-state index contributed by atoms with van der Waals surface area (Å²) in [5.74, 6) is 1.66. The zero-order valence-corrected chi connectivity index (χ0v) is 13.8. The summed E-state index contributed by atoms with van der Waals surface area (Å²) >= 11 is 0. The van der Waals surface area contributed by atoms with Crippen molar-refractivity contribution in [3.63, 3.8) is 0 Å². The zero-order valence-electron chi connectivity index (χ0n) is 13.8. The average molecular weight is 310 g/mol. The zero-order chi connectivity index (χ0) is 16.4. The monoisotopic (exact) mass is 310 g/mol. The van der Waals surface area contributed by atoms with Crippen LogP contribution in [0.25, 0.3) is 0 Å². The van der Waals surface area contributed by atoms with Crippen LogP contribution in [0.5, 0.6) is 0 Å². The second kappa shape index (κ2) is 6.04. The SMILES string of the molecule is Cc1nc(C)n(CC2=NN=C([C@](C)(N)Cc3ccccc3)C2)n1. The number of aromatic nitrogens is 3. The molecule has 120 valence electrons. The van der Waals surface area contributed by atoms with E-state index in [2.05, 4.69) is 32.4 Å². The van der Waals surface area contributed by atoms with E-state index >= 15 is 0 Å². The lowest BCUT2D eigenvalue weighted by Gasteiger charge is -2.24. The lowest BCUT2D eigenvalue weighted by Crippen LogP contribution is -2.47. The highest BCUT2D eigenvalue weighted by Gasteiger charge is 2.30. The molecule has 0 amide bonds. The van der Waals surface area contributed by atoms with Crippen molar-refractivity contribution in [1.82, 2.24) is 14.8 Å². The molecule has 0 saturated carbocycles. The molecule has 0 radical (unpaired) electrons. The largest absolute Gasteiger partial charge is 0.320 e. The lowest BCUT2D eigenvalue weighted by molar-refractivity contribution is 0.614. The van der Waals surface area contributed by atoms with Crippen molar-refractivity contribution in [1.29, 1.82) is 0 Å². The highest BCUT2D eigenvalue weighted by Crippen LogP contribution is 2.19. The molecule has 3 rings (SSSR count). The van der Waals surface area contributed by atoms with Gasteiger partial charge in [0.25, 0.3) is 0 Å². The average Bonchev–Trinajstić information content (AvgIpc) is 3.08. The molecule has 0 spiro atoms. The second-order valence-corrected chi connectivity index (χ2v) is 6.33. The molecule has 23 heavy (non-hydrogen) atoms. The second-order valence-electron chi connectivity index (χ2n) is 6.33. The highest BCUT2D eigenvalue weighted by atomic mass is 15.4. The van der Waals surface area contributed by atoms with Crippen molar-refractivity contribution in [2.24, 2.45) is 15.9 Å². The van der Waals surface area contributed by atoms with Gasteiger partial charge in [0.1, 0.15) is 11.6 Å². The summed E-state index contributed by atoms with van der Waals surface area (Å²) in [7, 11) is 0. The van der Waals surface area contributed by atoms with E-state index in [0.29, 0.717) is 13.0 Å². The first-order valence-electron chi connectivity index (χ1n) is 7.77. The van der Waals surface area contributed by atoms with Crippen LogP contribution >= 0.6 is 0 Å². The van der Waals surface area contributed by atoms with Crippen molar-refractivity contribution in [3.8, 4) is 0 Å². The topological polar surface area (TPSA) is 81.5 Å². The normalized spacial score (nSPS) is 16.9. The number of rotatable bonds is 5. The van der Waals surface area contributed by atoms with E-state index in [9.17, 15) is 0 Å². The molecular weight excluding hydrogens is 288 g/mol. The van der Waals surface area contributed by atoms with Gasteiger partial charge in [-0.25, -0.2) is 9.67 Å². The van der Waals surface area contributed by atoms with E-state index in [1.54, 1.807) is 0 Å². The fourth-order valence-corrected chi connectivity index (χ4v) is 2.80. The molecule has 1 atom stereocenters. The fraction of sp³-hybridized carbons (Fsp3) is 0.412. The van der Waals surface area contributed by atoms with Gasteiger partial charge >= 0.3 is 0 Å². The Morgan fingerprint density at radius 3 is 2.57 bits per heavy atom. The first kappa shape index (κ1) is 15.6. The van der Waals surface area contributed by atoms with E-state index in [-0.39, 0.29) is 0 Å². The Balaban J connectivity index is 1.64. The minimum Gasteiger partial charge on any atom is -0.320 e. The summed E-state index contributed by atoms with van der Waals surface area (Å²) in [5.41, 5.74) is 9.10. The molecule has 6 nitrogen and oxygen atoms in total. The van der Waals surface area contributed by atoms with E-state index in [0.717, 1.165) is 29.5 Å². The lowest BCUT2D eigenvalue weighted by atomic mass is 9.87. The van der Waals surface area contributed by atoms with Gasteiger partial charge in [-0.15, -0.1) is 0 Å². The third kappa shape index (κ3) is 3.53. The molecule has 6 heteroatoms. The van der Waals surface area contributed by atoms with E-state index in [4.69, 9.17) is 5.73 Å². The van der Waals surface area contributed by atoms with Crippen LogP contribution in [0.1, 0.15) is 30.6 Å². The van der Waals surface area contributed by atoms with Gasteiger partial charge in [-0.3, -0.25) is 0 Å². The number of aryl methyl sites for hydroxylation is 2. The minimum atomic E-state index is -0.500. The van der Waals surface area contributed by atoms with Gasteiger partial charge in [0, 0.05) is 6.42 Å². The van der Waals surface area contributed by atoms with Crippen molar-refractivity contribution < 1.29 is 0 Å². The van der Waals surface area contributed by atoms with Crippen molar-refractivity contribution in [3.05, 3.63) is 47.5 Å². The van der Waals surface area contributed by atoms with Crippen LogP contribution in [0.15, 0.2) is 40.5 Å². The summed E-state index contributed by atoms with van der Waals surface area (Å²) in [6.45, 7) is 6.46. The molecule has 0 saturated heterocycles. The van der Waals surface area contributed by atoms with Crippen LogP contribution < -0.4 is 5.73 Å². The predicted molar refractivity (Wildman–Crippen MR) is 91.7 cm³/mol. The van der Waals surface area contributed by atoms with E-state index < -0.39 is 5.54 Å². The number of benzene rings is 1. The first-order valence-corrected chi connectivity index (χ1v) is 7.77. The van der Waals surface area contributed by atoms with Crippen LogP contribution in [-0.2, 0) is 13.0 Å². The standard InChI is InChI=1S/C17H22N6/c1-12-19-13(2)23(22-12)11-15-9-16(21-20-15)17(3,18)10-14-7-5-4-6-8-14/h4-8H,9-11,18H2,1-3H3/t17-/m1/s1. The van der Waals surface area contributed by atoms with Gasteiger partial charge in [-0.1, -0.05) is 30.3 Å². The van der Waals surface area contributed by atoms with Crippen LogP contribution in [-0.4, -0.2) is 31.7 Å². The Kier molecular flexibility index (Phi) is 4.09. The smallest absolute Gasteiger partial charge is 0.147 e. The fourth-order valence-electron chi connectivity index (χ4n) is 2.80. The number of nitrogens with two attached hydrogens (primary N) is 1. The molecule has 0 bridgehead atoms. The van der Waals surface area contributed by atoms with Crippen LogP contribution in [0.2, 0.25) is 0 Å². The molecule has 1 aromatic carbocycles. The summed E-state index contributed by atoms with van der Waals surface area (Å²) in [5, 5.41) is 13.0. The van der Waals surface area contributed by atoms with Gasteiger partial charge in [0.2, 0.25) is 0 Å². The number of nitrogens with zero attached hydrogens (tertiary/aromatic N) is 5. The molecule has 1 aromatic heterocycles. The molecule has 0 fully saturated rings. The van der Waals surface area contributed by atoms with Crippen LogP contribution in [0.4, 0.5) is 0 Å². The molecule has 1 aliphatic rings. The molecule has 2 N–H and O–H groups in total. The quantitative estimate of drug-likeness (QED) is 0.917. The maximum atomic E-state index is 6.50. The molecular formula is C17H22N6. The molecule has 2 heterocycles. The van der Waals surface area contributed by atoms with Gasteiger partial charge in [-0.05, 0) is 32.8 Å². The van der Waals surface area contributed by atoms with Gasteiger partial charge in [-0.2, -0.15) is 15.3 Å². The molecule has 2 aromatic rings. The Morgan fingerprint density at radius 1 is 1.17 bits per heavy atom. The summed E-state index contributed by atoms with van der Waals surface area (Å²) in [6.07, 6.45) is 1.44. The molecule has 0 unspecified atom stereocenters. The Bertz CT molecular complexity index is 755. The summed E-state index contributed by atoms with van der Waals surface area (Å²) < 4.78 is 1.86. The maximum Gasteiger partial charge on any atom is 0.147 e. The Labute approximate surface area is 136 Å². The van der Waals surface area contributed by atoms with Crippen molar-refractivity contribution >= 4 is 11.4 Å². The predicted octanol–water partition coefficient (Wildman–Crippen LogP) is 2.06. The Hall–Kier alpha value is -2.34. The van der Waals surface area contributed by atoms with E-state index in [1.807, 2.05) is 43.7 Å². The first-order chi connectivity index (χ1) is 10.9. The molecule has 1 aliphatic heterocycles. The van der Waals surface area contributed by atoms with Gasteiger partial charge in [0.05, 0.1) is 23.5 Å². The Morgan fingerprint density at radius 2 is 1.91 bits per heavy atom. The molecule has 0 aliphatic carbocycles.